The first kappa shape index (κ1) is 17.2. The predicted molar refractivity (Wildman–Crippen MR) is 86.1 cm³/mol. The number of hydrogen-bond acceptors (Lipinski definition) is 3. The summed E-state index contributed by atoms with van der Waals surface area (Å²) in [7, 11) is 0. The number of amides is 2. The van der Waals surface area contributed by atoms with E-state index in [-0.39, 0.29) is 17.7 Å². The first-order chi connectivity index (χ1) is 9.83. The van der Waals surface area contributed by atoms with Crippen LogP contribution in [0.4, 0.5) is 11.4 Å². The molecule has 0 aliphatic carbocycles. The molecular formula is C16H25N3O2. The monoisotopic (exact) mass is 291 g/mol. The molecule has 0 heterocycles. The van der Waals surface area contributed by atoms with E-state index in [1.165, 1.54) is 6.92 Å². The second-order valence-corrected chi connectivity index (χ2v) is 5.76. The third-order valence-electron chi connectivity index (χ3n) is 3.22. The Kier molecular flexibility index (Phi) is 6.37. The van der Waals surface area contributed by atoms with E-state index < -0.39 is 0 Å². The summed E-state index contributed by atoms with van der Waals surface area (Å²) in [6.45, 7) is 7.83. The van der Waals surface area contributed by atoms with Crippen molar-refractivity contribution in [1.29, 1.82) is 0 Å². The van der Waals surface area contributed by atoms with Gasteiger partial charge in [-0.2, -0.15) is 0 Å². The van der Waals surface area contributed by atoms with Gasteiger partial charge in [0.1, 0.15) is 0 Å². The summed E-state index contributed by atoms with van der Waals surface area (Å²) >= 11 is 0. The van der Waals surface area contributed by atoms with Crippen LogP contribution in [-0.2, 0) is 9.59 Å². The van der Waals surface area contributed by atoms with Crippen LogP contribution in [0.3, 0.4) is 0 Å². The van der Waals surface area contributed by atoms with Crippen LogP contribution in [0, 0.1) is 18.8 Å². The molecular weight excluding hydrogens is 266 g/mol. The lowest BCUT2D eigenvalue weighted by Gasteiger charge is -2.17. The van der Waals surface area contributed by atoms with Crippen LogP contribution in [0.15, 0.2) is 18.2 Å². The maximum atomic E-state index is 12.2. The van der Waals surface area contributed by atoms with Crippen molar-refractivity contribution < 1.29 is 9.59 Å². The zero-order chi connectivity index (χ0) is 16.0. The van der Waals surface area contributed by atoms with Crippen molar-refractivity contribution in [3.8, 4) is 0 Å². The van der Waals surface area contributed by atoms with Crippen molar-refractivity contribution in [2.75, 3.05) is 17.2 Å². The minimum Gasteiger partial charge on any atom is -0.330 e. The highest BCUT2D eigenvalue weighted by Crippen LogP contribution is 2.21. The van der Waals surface area contributed by atoms with Crippen molar-refractivity contribution >= 4 is 23.2 Å². The SMILES string of the molecule is CC(=O)Nc1ccc(NC(=O)C(CN)CC(C)C)cc1C. The minimum atomic E-state index is -0.180. The van der Waals surface area contributed by atoms with Crippen LogP contribution in [0.1, 0.15) is 32.8 Å². The molecule has 0 radical (unpaired) electrons. The number of anilines is 2. The average molecular weight is 291 g/mol. The van der Waals surface area contributed by atoms with Crippen molar-refractivity contribution in [2.24, 2.45) is 17.6 Å². The Balaban J connectivity index is 2.76. The normalized spacial score (nSPS) is 12.1. The quantitative estimate of drug-likeness (QED) is 0.753. The van der Waals surface area contributed by atoms with E-state index in [4.69, 9.17) is 5.73 Å². The Morgan fingerprint density at radius 3 is 2.38 bits per heavy atom. The fraction of sp³-hybridized carbons (Fsp3) is 0.500. The third-order valence-corrected chi connectivity index (χ3v) is 3.22. The molecule has 4 N–H and O–H groups in total. The van der Waals surface area contributed by atoms with Crippen molar-refractivity contribution in [3.63, 3.8) is 0 Å². The molecule has 0 fully saturated rings. The van der Waals surface area contributed by atoms with Gasteiger partial charge in [0.2, 0.25) is 11.8 Å². The molecule has 0 saturated carbocycles. The minimum absolute atomic E-state index is 0.0575. The van der Waals surface area contributed by atoms with Gasteiger partial charge in [0.25, 0.3) is 0 Å². The largest absolute Gasteiger partial charge is 0.330 e. The number of hydrogen-bond donors (Lipinski definition) is 3. The summed E-state index contributed by atoms with van der Waals surface area (Å²) in [5.74, 6) is 0.0707. The van der Waals surface area contributed by atoms with E-state index in [0.717, 1.165) is 17.7 Å². The van der Waals surface area contributed by atoms with E-state index in [2.05, 4.69) is 24.5 Å². The fourth-order valence-electron chi connectivity index (χ4n) is 2.19. The molecule has 116 valence electrons. The summed E-state index contributed by atoms with van der Waals surface area (Å²) in [5, 5.41) is 5.63. The van der Waals surface area contributed by atoms with Gasteiger partial charge in [0, 0.05) is 24.8 Å². The molecule has 5 heteroatoms. The first-order valence-corrected chi connectivity index (χ1v) is 7.22. The lowest BCUT2D eigenvalue weighted by atomic mass is 9.96. The molecule has 1 aromatic carbocycles. The molecule has 0 bridgehead atoms. The number of benzene rings is 1. The van der Waals surface area contributed by atoms with Gasteiger partial charge in [0.15, 0.2) is 0 Å². The molecule has 1 rings (SSSR count). The van der Waals surface area contributed by atoms with Crippen LogP contribution in [0.2, 0.25) is 0 Å². The van der Waals surface area contributed by atoms with Crippen LogP contribution in [0.5, 0.6) is 0 Å². The highest BCUT2D eigenvalue weighted by Gasteiger charge is 2.18. The average Bonchev–Trinajstić information content (AvgIpc) is 2.38. The number of nitrogens with one attached hydrogen (secondary N) is 2. The Morgan fingerprint density at radius 1 is 1.24 bits per heavy atom. The molecule has 1 unspecified atom stereocenters. The summed E-state index contributed by atoms with van der Waals surface area (Å²) in [5.41, 5.74) is 8.04. The van der Waals surface area contributed by atoms with Crippen LogP contribution in [0.25, 0.3) is 0 Å². The van der Waals surface area contributed by atoms with E-state index in [9.17, 15) is 9.59 Å². The summed E-state index contributed by atoms with van der Waals surface area (Å²) in [6, 6.07) is 5.40. The van der Waals surface area contributed by atoms with Gasteiger partial charge in [-0.05, 0) is 43.0 Å². The summed E-state index contributed by atoms with van der Waals surface area (Å²) in [6.07, 6.45) is 0.769. The van der Waals surface area contributed by atoms with E-state index in [0.29, 0.717) is 18.2 Å². The van der Waals surface area contributed by atoms with Gasteiger partial charge in [-0.15, -0.1) is 0 Å². The zero-order valence-corrected chi connectivity index (χ0v) is 13.2. The van der Waals surface area contributed by atoms with Crippen LogP contribution in [-0.4, -0.2) is 18.4 Å². The van der Waals surface area contributed by atoms with Gasteiger partial charge in [0.05, 0.1) is 5.92 Å². The molecule has 0 aromatic heterocycles. The van der Waals surface area contributed by atoms with Gasteiger partial charge < -0.3 is 16.4 Å². The Hall–Kier alpha value is -1.88. The standard InChI is InChI=1S/C16H25N3O2/c1-10(2)7-13(9-17)16(21)19-14-5-6-15(11(3)8-14)18-12(4)20/h5-6,8,10,13H,7,9,17H2,1-4H3,(H,18,20)(H,19,21). The van der Waals surface area contributed by atoms with Crippen molar-refractivity contribution in [2.45, 2.75) is 34.1 Å². The molecule has 21 heavy (non-hydrogen) atoms. The lowest BCUT2D eigenvalue weighted by Crippen LogP contribution is -2.30. The summed E-state index contributed by atoms with van der Waals surface area (Å²) < 4.78 is 0. The molecule has 1 aromatic rings. The second-order valence-electron chi connectivity index (χ2n) is 5.76. The number of aryl methyl sites for hydroxylation is 1. The summed E-state index contributed by atoms with van der Waals surface area (Å²) in [4.78, 5) is 23.3. The topological polar surface area (TPSA) is 84.2 Å². The maximum absolute atomic E-state index is 12.2. The van der Waals surface area contributed by atoms with Crippen LogP contribution >= 0.6 is 0 Å². The number of nitrogens with two attached hydrogens (primary N) is 1. The fourth-order valence-corrected chi connectivity index (χ4v) is 2.19. The maximum Gasteiger partial charge on any atom is 0.228 e. The lowest BCUT2D eigenvalue weighted by molar-refractivity contribution is -0.120. The Morgan fingerprint density at radius 2 is 1.90 bits per heavy atom. The second kappa shape index (κ2) is 7.78. The predicted octanol–water partition coefficient (Wildman–Crippen LogP) is 2.51. The molecule has 0 saturated heterocycles. The molecule has 2 amide bonds. The number of rotatable bonds is 6. The first-order valence-electron chi connectivity index (χ1n) is 7.22. The third kappa shape index (κ3) is 5.55. The molecule has 5 nitrogen and oxygen atoms in total. The highest BCUT2D eigenvalue weighted by molar-refractivity contribution is 5.94. The van der Waals surface area contributed by atoms with Gasteiger partial charge in [-0.25, -0.2) is 0 Å². The Bertz CT molecular complexity index is 512. The molecule has 0 aliphatic heterocycles. The number of carbonyl (C=O) groups is 2. The van der Waals surface area contributed by atoms with Crippen LogP contribution < -0.4 is 16.4 Å². The molecule has 0 aliphatic rings. The molecule has 1 atom stereocenters. The number of carbonyl (C=O) groups excluding carboxylic acids is 2. The smallest absolute Gasteiger partial charge is 0.228 e. The van der Waals surface area contributed by atoms with E-state index >= 15 is 0 Å². The van der Waals surface area contributed by atoms with Gasteiger partial charge >= 0.3 is 0 Å². The van der Waals surface area contributed by atoms with E-state index in [1.807, 2.05) is 13.0 Å². The molecule has 0 spiro atoms. The highest BCUT2D eigenvalue weighted by atomic mass is 16.2. The van der Waals surface area contributed by atoms with Gasteiger partial charge in [-0.3, -0.25) is 9.59 Å². The Labute approximate surface area is 126 Å². The van der Waals surface area contributed by atoms with Gasteiger partial charge in [-0.1, -0.05) is 13.8 Å². The zero-order valence-electron chi connectivity index (χ0n) is 13.2. The van der Waals surface area contributed by atoms with Crippen molar-refractivity contribution in [3.05, 3.63) is 23.8 Å². The van der Waals surface area contributed by atoms with E-state index in [1.54, 1.807) is 12.1 Å². The van der Waals surface area contributed by atoms with Crippen molar-refractivity contribution in [1.82, 2.24) is 0 Å².